The molecule has 0 saturated heterocycles. The van der Waals surface area contributed by atoms with Crippen LogP contribution in [0.5, 0.6) is 11.5 Å². The van der Waals surface area contributed by atoms with Gasteiger partial charge in [0, 0.05) is 18.3 Å². The Hall–Kier alpha value is -3.53. The van der Waals surface area contributed by atoms with Crippen LogP contribution in [-0.4, -0.2) is 44.5 Å². The highest BCUT2D eigenvalue weighted by molar-refractivity contribution is 8.00. The van der Waals surface area contributed by atoms with Crippen LogP contribution in [0.1, 0.15) is 27.2 Å². The van der Waals surface area contributed by atoms with Gasteiger partial charge in [0.25, 0.3) is 5.56 Å². The summed E-state index contributed by atoms with van der Waals surface area (Å²) in [6, 6.07) is 12.6. The molecule has 4 rings (SSSR count). The standard InChI is InChI=1S/C25H29N5O4S/c1-15(2)12-13-29-23(32)18-8-6-7-9-19(18)30-24(29)27-28-25(30)35-16(3)22(31)26-17-10-11-20(33-4)21(14-17)34-5/h6-11,14-16H,12-13H2,1-5H3,(H,26,31). The number of aryl methyl sites for hydroxylation is 1. The lowest BCUT2D eigenvalue weighted by Crippen LogP contribution is -2.25. The van der Waals surface area contributed by atoms with Gasteiger partial charge < -0.3 is 14.8 Å². The lowest BCUT2D eigenvalue weighted by atomic mass is 10.1. The zero-order valence-electron chi connectivity index (χ0n) is 20.4. The molecule has 1 amide bonds. The summed E-state index contributed by atoms with van der Waals surface area (Å²) in [5.74, 6) is 1.82. The number of methoxy groups -OCH3 is 2. The van der Waals surface area contributed by atoms with Crippen molar-refractivity contribution in [2.45, 2.75) is 44.1 Å². The molecule has 0 radical (unpaired) electrons. The molecule has 184 valence electrons. The number of rotatable bonds is 9. The number of ether oxygens (including phenoxy) is 2. The van der Waals surface area contributed by atoms with Gasteiger partial charge in [-0.05, 0) is 43.5 Å². The molecule has 0 aliphatic rings. The summed E-state index contributed by atoms with van der Waals surface area (Å²) in [6.07, 6.45) is 0.841. The highest BCUT2D eigenvalue weighted by Crippen LogP contribution is 2.31. The van der Waals surface area contributed by atoms with E-state index in [4.69, 9.17) is 9.47 Å². The average molecular weight is 496 g/mol. The Morgan fingerprint density at radius 1 is 1.06 bits per heavy atom. The van der Waals surface area contributed by atoms with Gasteiger partial charge in [0.15, 0.2) is 16.7 Å². The molecule has 0 aliphatic heterocycles. The normalized spacial score (nSPS) is 12.3. The van der Waals surface area contributed by atoms with Crippen molar-refractivity contribution in [1.82, 2.24) is 19.2 Å². The first kappa shape index (κ1) is 24.6. The predicted molar refractivity (Wildman–Crippen MR) is 138 cm³/mol. The Morgan fingerprint density at radius 3 is 2.51 bits per heavy atom. The minimum absolute atomic E-state index is 0.0862. The summed E-state index contributed by atoms with van der Waals surface area (Å²) in [5, 5.41) is 12.3. The Morgan fingerprint density at radius 2 is 1.80 bits per heavy atom. The molecule has 2 heterocycles. The van der Waals surface area contributed by atoms with Gasteiger partial charge >= 0.3 is 0 Å². The summed E-state index contributed by atoms with van der Waals surface area (Å²) < 4.78 is 14.1. The van der Waals surface area contributed by atoms with Crippen molar-refractivity contribution in [3.63, 3.8) is 0 Å². The van der Waals surface area contributed by atoms with Crippen molar-refractivity contribution in [2.24, 2.45) is 5.92 Å². The van der Waals surface area contributed by atoms with Crippen molar-refractivity contribution in [2.75, 3.05) is 19.5 Å². The number of benzene rings is 2. The molecule has 0 spiro atoms. The number of nitrogens with one attached hydrogen (secondary N) is 1. The van der Waals surface area contributed by atoms with Gasteiger partial charge in [-0.3, -0.25) is 18.6 Å². The van der Waals surface area contributed by atoms with Gasteiger partial charge in [-0.15, -0.1) is 10.2 Å². The SMILES string of the molecule is COc1ccc(NC(=O)C(C)Sc2nnc3n(CCC(C)C)c(=O)c4ccccc4n23)cc1OC. The van der Waals surface area contributed by atoms with Crippen LogP contribution >= 0.6 is 11.8 Å². The molecule has 35 heavy (non-hydrogen) atoms. The van der Waals surface area contributed by atoms with E-state index in [1.807, 2.05) is 28.7 Å². The van der Waals surface area contributed by atoms with E-state index in [2.05, 4.69) is 29.4 Å². The second-order valence-corrected chi connectivity index (χ2v) is 9.90. The fraction of sp³-hybridized carbons (Fsp3) is 0.360. The van der Waals surface area contributed by atoms with Crippen LogP contribution in [-0.2, 0) is 11.3 Å². The van der Waals surface area contributed by atoms with Crippen LogP contribution in [0.2, 0.25) is 0 Å². The minimum Gasteiger partial charge on any atom is -0.493 e. The largest absolute Gasteiger partial charge is 0.493 e. The number of para-hydroxylation sites is 1. The summed E-state index contributed by atoms with van der Waals surface area (Å²) in [5.41, 5.74) is 1.23. The lowest BCUT2D eigenvalue weighted by Gasteiger charge is -2.14. The van der Waals surface area contributed by atoms with Crippen molar-refractivity contribution >= 4 is 40.0 Å². The van der Waals surface area contributed by atoms with Gasteiger partial charge in [0.2, 0.25) is 11.7 Å². The number of carbonyl (C=O) groups is 1. The first-order chi connectivity index (χ1) is 16.8. The van der Waals surface area contributed by atoms with Crippen molar-refractivity contribution in [3.05, 3.63) is 52.8 Å². The molecule has 1 unspecified atom stereocenters. The van der Waals surface area contributed by atoms with Crippen LogP contribution < -0.4 is 20.3 Å². The van der Waals surface area contributed by atoms with E-state index in [-0.39, 0.29) is 11.5 Å². The molecule has 0 bridgehead atoms. The number of nitrogens with zero attached hydrogens (tertiary/aromatic N) is 4. The Balaban J connectivity index is 1.65. The molecule has 2 aromatic carbocycles. The molecule has 1 atom stereocenters. The number of hydrogen-bond acceptors (Lipinski definition) is 7. The van der Waals surface area contributed by atoms with E-state index >= 15 is 0 Å². The average Bonchev–Trinajstić information content (AvgIpc) is 3.27. The maximum absolute atomic E-state index is 13.2. The van der Waals surface area contributed by atoms with Gasteiger partial charge in [-0.1, -0.05) is 37.7 Å². The maximum atomic E-state index is 13.2. The topological polar surface area (TPSA) is 99.7 Å². The lowest BCUT2D eigenvalue weighted by molar-refractivity contribution is -0.115. The molecule has 0 aliphatic carbocycles. The number of fused-ring (bicyclic) bond motifs is 3. The summed E-state index contributed by atoms with van der Waals surface area (Å²) >= 11 is 1.28. The minimum atomic E-state index is -0.481. The molecule has 9 nitrogen and oxygen atoms in total. The van der Waals surface area contributed by atoms with Crippen molar-refractivity contribution in [1.29, 1.82) is 0 Å². The number of anilines is 1. The van der Waals surface area contributed by atoms with E-state index in [1.54, 1.807) is 43.9 Å². The highest BCUT2D eigenvalue weighted by atomic mass is 32.2. The maximum Gasteiger partial charge on any atom is 0.262 e. The van der Waals surface area contributed by atoms with E-state index < -0.39 is 5.25 Å². The quantitative estimate of drug-likeness (QED) is 0.347. The van der Waals surface area contributed by atoms with Gasteiger partial charge in [-0.25, -0.2) is 0 Å². The Labute approximate surface area is 207 Å². The fourth-order valence-corrected chi connectivity index (χ4v) is 4.62. The molecule has 1 N–H and O–H groups in total. The fourth-order valence-electron chi connectivity index (χ4n) is 3.77. The third kappa shape index (κ3) is 4.97. The van der Waals surface area contributed by atoms with E-state index in [9.17, 15) is 9.59 Å². The third-order valence-electron chi connectivity index (χ3n) is 5.71. The third-order valence-corrected chi connectivity index (χ3v) is 6.75. The van der Waals surface area contributed by atoms with Gasteiger partial charge in [-0.2, -0.15) is 0 Å². The molecular weight excluding hydrogens is 466 g/mol. The van der Waals surface area contributed by atoms with Crippen LogP contribution in [0.4, 0.5) is 5.69 Å². The van der Waals surface area contributed by atoms with E-state index in [0.717, 1.165) is 6.42 Å². The number of thioether (sulfide) groups is 1. The van der Waals surface area contributed by atoms with Crippen molar-refractivity contribution in [3.8, 4) is 11.5 Å². The summed E-state index contributed by atoms with van der Waals surface area (Å²) in [4.78, 5) is 26.2. The number of amides is 1. The molecule has 4 aromatic rings. The Kier molecular flexibility index (Phi) is 7.30. The number of carbonyl (C=O) groups excluding carboxylic acids is 1. The van der Waals surface area contributed by atoms with Crippen LogP contribution in [0.25, 0.3) is 16.7 Å². The monoisotopic (exact) mass is 495 g/mol. The van der Waals surface area contributed by atoms with Crippen LogP contribution in [0, 0.1) is 5.92 Å². The molecular formula is C25H29N5O4S. The van der Waals surface area contributed by atoms with Crippen LogP contribution in [0.3, 0.4) is 0 Å². The molecule has 10 heteroatoms. The van der Waals surface area contributed by atoms with Crippen molar-refractivity contribution < 1.29 is 14.3 Å². The molecule has 2 aromatic heterocycles. The first-order valence-electron chi connectivity index (χ1n) is 11.4. The Bertz CT molecular complexity index is 1430. The van der Waals surface area contributed by atoms with Gasteiger partial charge in [0.05, 0.1) is 30.4 Å². The summed E-state index contributed by atoms with van der Waals surface area (Å²) in [7, 11) is 3.10. The van der Waals surface area contributed by atoms with Gasteiger partial charge in [0.1, 0.15) is 0 Å². The van der Waals surface area contributed by atoms with E-state index in [0.29, 0.717) is 51.5 Å². The first-order valence-corrected chi connectivity index (χ1v) is 12.3. The smallest absolute Gasteiger partial charge is 0.262 e. The molecule has 0 saturated carbocycles. The summed E-state index contributed by atoms with van der Waals surface area (Å²) in [6.45, 7) is 6.59. The number of hydrogen-bond donors (Lipinski definition) is 1. The second-order valence-electron chi connectivity index (χ2n) is 8.59. The number of aromatic nitrogens is 4. The predicted octanol–water partition coefficient (Wildman–Crippen LogP) is 4.23. The van der Waals surface area contributed by atoms with Crippen LogP contribution in [0.15, 0.2) is 52.4 Å². The zero-order valence-corrected chi connectivity index (χ0v) is 21.3. The highest BCUT2D eigenvalue weighted by Gasteiger charge is 2.22. The molecule has 0 fully saturated rings. The van der Waals surface area contributed by atoms with E-state index in [1.165, 1.54) is 11.8 Å². The second kappa shape index (κ2) is 10.4. The zero-order chi connectivity index (χ0) is 25.1.